The maximum absolute atomic E-state index is 5.34. The summed E-state index contributed by atoms with van der Waals surface area (Å²) in [4.78, 5) is 4.84. The van der Waals surface area contributed by atoms with E-state index in [9.17, 15) is 0 Å². The smallest absolute Gasteiger partial charge is 0.123 e. The number of benzene rings is 2. The van der Waals surface area contributed by atoms with E-state index in [1.54, 1.807) is 7.11 Å². The summed E-state index contributed by atoms with van der Waals surface area (Å²) in [5.41, 5.74) is 3.53. The Morgan fingerprint density at radius 1 is 1.15 bits per heavy atom. The molecule has 1 N–H and O–H groups in total. The van der Waals surface area contributed by atoms with Crippen molar-refractivity contribution in [1.82, 2.24) is 14.9 Å². The number of nitrogens with one attached hydrogen (secondary N) is 1. The summed E-state index contributed by atoms with van der Waals surface area (Å²) in [7, 11) is 1.69. The van der Waals surface area contributed by atoms with E-state index in [2.05, 4.69) is 63.1 Å². The first-order valence-electron chi connectivity index (χ1n) is 9.19. The monoisotopic (exact) mass is 415 g/mol. The predicted octanol–water partition coefficient (Wildman–Crippen LogP) is 4.94. The van der Waals surface area contributed by atoms with Gasteiger partial charge in [0.15, 0.2) is 0 Å². The van der Waals surface area contributed by atoms with Crippen molar-refractivity contribution in [2.75, 3.05) is 13.7 Å². The van der Waals surface area contributed by atoms with Gasteiger partial charge in [0, 0.05) is 17.1 Å². The van der Waals surface area contributed by atoms with Gasteiger partial charge in [-0.2, -0.15) is 0 Å². The second-order valence-electron chi connectivity index (χ2n) is 6.44. The predicted molar refractivity (Wildman–Crippen MR) is 111 cm³/mol. The third-order valence-corrected chi connectivity index (χ3v) is 5.09. The molecule has 4 nitrogen and oxygen atoms in total. The molecule has 0 aliphatic rings. The Kier molecular flexibility index (Phi) is 6.69. The zero-order chi connectivity index (χ0) is 18.4. The average molecular weight is 416 g/mol. The minimum Gasteiger partial charge on any atom is -0.497 e. The van der Waals surface area contributed by atoms with Crippen molar-refractivity contribution in [2.45, 2.75) is 39.3 Å². The van der Waals surface area contributed by atoms with Gasteiger partial charge >= 0.3 is 0 Å². The van der Waals surface area contributed by atoms with Crippen LogP contribution in [0, 0.1) is 0 Å². The Hall–Kier alpha value is -1.85. The van der Waals surface area contributed by atoms with Crippen LogP contribution in [0.3, 0.4) is 0 Å². The van der Waals surface area contributed by atoms with E-state index >= 15 is 0 Å². The number of nitrogens with zero attached hydrogens (tertiary/aromatic N) is 2. The molecular formula is C21H26BrN3O. The molecule has 0 saturated heterocycles. The topological polar surface area (TPSA) is 39.1 Å². The van der Waals surface area contributed by atoms with E-state index < -0.39 is 0 Å². The molecule has 0 amide bonds. The number of hydrogen-bond donors (Lipinski definition) is 1. The molecule has 0 unspecified atom stereocenters. The van der Waals surface area contributed by atoms with E-state index in [1.807, 2.05) is 12.1 Å². The fourth-order valence-electron chi connectivity index (χ4n) is 3.07. The molecule has 3 rings (SSSR count). The molecule has 1 heterocycles. The van der Waals surface area contributed by atoms with E-state index in [-0.39, 0.29) is 0 Å². The molecule has 26 heavy (non-hydrogen) atoms. The lowest BCUT2D eigenvalue weighted by Gasteiger charge is -2.10. The fourth-order valence-corrected chi connectivity index (χ4v) is 3.34. The van der Waals surface area contributed by atoms with Gasteiger partial charge in [0.25, 0.3) is 0 Å². The molecule has 1 aromatic heterocycles. The summed E-state index contributed by atoms with van der Waals surface area (Å²) in [6.45, 7) is 4.93. The Morgan fingerprint density at radius 3 is 2.69 bits per heavy atom. The first kappa shape index (κ1) is 18.9. The number of rotatable bonds is 9. The van der Waals surface area contributed by atoms with Crippen LogP contribution in [-0.2, 0) is 19.5 Å². The van der Waals surface area contributed by atoms with Gasteiger partial charge in [-0.25, -0.2) is 4.98 Å². The molecule has 5 heteroatoms. The molecule has 0 aliphatic carbocycles. The second-order valence-corrected chi connectivity index (χ2v) is 7.36. The molecule has 138 valence electrons. The van der Waals surface area contributed by atoms with Gasteiger partial charge in [0.1, 0.15) is 11.6 Å². The van der Waals surface area contributed by atoms with Gasteiger partial charge in [-0.05, 0) is 49.2 Å². The van der Waals surface area contributed by atoms with Gasteiger partial charge in [-0.3, -0.25) is 0 Å². The van der Waals surface area contributed by atoms with Crippen molar-refractivity contribution in [1.29, 1.82) is 0 Å². The van der Waals surface area contributed by atoms with Crippen LogP contribution in [-0.4, -0.2) is 23.2 Å². The molecule has 0 radical (unpaired) electrons. The second kappa shape index (κ2) is 9.19. The van der Waals surface area contributed by atoms with Gasteiger partial charge in [0.2, 0.25) is 0 Å². The maximum atomic E-state index is 5.34. The van der Waals surface area contributed by atoms with Crippen molar-refractivity contribution in [2.24, 2.45) is 0 Å². The number of ether oxygens (including phenoxy) is 1. The molecule has 0 saturated carbocycles. The minimum absolute atomic E-state index is 0.775. The van der Waals surface area contributed by atoms with Crippen LogP contribution in [0.2, 0.25) is 0 Å². The molecule has 3 aromatic rings. The standard InChI is InChI=1S/C21H26BrN3O/c1-3-4-13-25-20-10-9-18(26-2)14-19(20)24-21(25)15-23-12-11-16-5-7-17(22)8-6-16/h5-10,14,23H,3-4,11-13,15H2,1-2H3. The SMILES string of the molecule is CCCCn1c(CNCCc2ccc(Br)cc2)nc2cc(OC)ccc21. The number of methoxy groups -OCH3 is 1. The van der Waals surface area contributed by atoms with Crippen molar-refractivity contribution in [3.05, 3.63) is 58.3 Å². The third kappa shape index (κ3) is 4.65. The Morgan fingerprint density at radius 2 is 1.96 bits per heavy atom. The number of imidazole rings is 1. The van der Waals surface area contributed by atoms with E-state index in [1.165, 1.54) is 17.5 Å². The van der Waals surface area contributed by atoms with Crippen molar-refractivity contribution >= 4 is 27.0 Å². The maximum Gasteiger partial charge on any atom is 0.123 e. The van der Waals surface area contributed by atoms with Gasteiger partial charge in [0.05, 0.1) is 24.7 Å². The molecule has 0 bridgehead atoms. The highest BCUT2D eigenvalue weighted by molar-refractivity contribution is 9.10. The third-order valence-electron chi connectivity index (χ3n) is 4.56. The van der Waals surface area contributed by atoms with Gasteiger partial charge in [-0.15, -0.1) is 0 Å². The lowest BCUT2D eigenvalue weighted by molar-refractivity contribution is 0.415. The van der Waals surface area contributed by atoms with Crippen LogP contribution >= 0.6 is 15.9 Å². The molecule has 0 atom stereocenters. The molecule has 2 aromatic carbocycles. The number of hydrogen-bond acceptors (Lipinski definition) is 3. The summed E-state index contributed by atoms with van der Waals surface area (Å²) in [6.07, 6.45) is 3.34. The summed E-state index contributed by atoms with van der Waals surface area (Å²) in [6, 6.07) is 14.6. The minimum atomic E-state index is 0.775. The highest BCUT2D eigenvalue weighted by Crippen LogP contribution is 2.22. The van der Waals surface area contributed by atoms with Gasteiger partial charge < -0.3 is 14.6 Å². The number of unbranched alkanes of at least 4 members (excludes halogenated alkanes) is 1. The Labute approximate surface area is 163 Å². The quantitative estimate of drug-likeness (QED) is 0.503. The zero-order valence-corrected chi connectivity index (χ0v) is 17.1. The Bertz CT molecular complexity index is 842. The van der Waals surface area contributed by atoms with E-state index in [0.717, 1.165) is 54.0 Å². The average Bonchev–Trinajstić information content (AvgIpc) is 3.01. The summed E-state index contributed by atoms with van der Waals surface area (Å²) < 4.78 is 8.80. The number of aryl methyl sites for hydroxylation is 1. The summed E-state index contributed by atoms with van der Waals surface area (Å²) in [5, 5.41) is 3.54. The van der Waals surface area contributed by atoms with Crippen LogP contribution < -0.4 is 10.1 Å². The molecular weight excluding hydrogens is 390 g/mol. The van der Waals surface area contributed by atoms with Crippen molar-refractivity contribution < 1.29 is 4.74 Å². The number of aromatic nitrogens is 2. The zero-order valence-electron chi connectivity index (χ0n) is 15.5. The fraction of sp³-hybridized carbons (Fsp3) is 0.381. The lowest BCUT2D eigenvalue weighted by Crippen LogP contribution is -2.19. The van der Waals surface area contributed by atoms with Crippen LogP contribution in [0.1, 0.15) is 31.2 Å². The van der Waals surface area contributed by atoms with Gasteiger partial charge in [-0.1, -0.05) is 41.4 Å². The van der Waals surface area contributed by atoms with Crippen LogP contribution in [0.5, 0.6) is 5.75 Å². The largest absolute Gasteiger partial charge is 0.497 e. The first-order valence-corrected chi connectivity index (χ1v) is 9.99. The number of halogens is 1. The lowest BCUT2D eigenvalue weighted by atomic mass is 10.1. The van der Waals surface area contributed by atoms with Crippen LogP contribution in [0.15, 0.2) is 46.9 Å². The number of fused-ring (bicyclic) bond motifs is 1. The highest BCUT2D eigenvalue weighted by Gasteiger charge is 2.11. The van der Waals surface area contributed by atoms with Crippen LogP contribution in [0.4, 0.5) is 0 Å². The van der Waals surface area contributed by atoms with Crippen molar-refractivity contribution in [3.63, 3.8) is 0 Å². The van der Waals surface area contributed by atoms with E-state index in [4.69, 9.17) is 9.72 Å². The van der Waals surface area contributed by atoms with Crippen molar-refractivity contribution in [3.8, 4) is 5.75 Å². The molecule has 0 aliphatic heterocycles. The normalized spacial score (nSPS) is 11.2. The molecule has 0 spiro atoms. The summed E-state index contributed by atoms with van der Waals surface area (Å²) >= 11 is 3.48. The van der Waals surface area contributed by atoms with Crippen LogP contribution in [0.25, 0.3) is 11.0 Å². The first-order chi connectivity index (χ1) is 12.7. The van der Waals surface area contributed by atoms with E-state index in [0.29, 0.717) is 0 Å². The Balaban J connectivity index is 1.68. The summed E-state index contributed by atoms with van der Waals surface area (Å²) in [5.74, 6) is 1.95. The highest BCUT2D eigenvalue weighted by atomic mass is 79.9. The molecule has 0 fully saturated rings.